The van der Waals surface area contributed by atoms with Gasteiger partial charge in [0.2, 0.25) is 0 Å². The van der Waals surface area contributed by atoms with Crippen LogP contribution in [0, 0.1) is 55.3 Å². The second-order valence-corrected chi connectivity index (χ2v) is 15.4. The molecule has 4 heteroatoms. The first-order valence-electron chi connectivity index (χ1n) is 17.5. The van der Waals surface area contributed by atoms with Crippen LogP contribution in [0.4, 0.5) is 0 Å². The predicted octanol–water partition coefficient (Wildman–Crippen LogP) is 9.51. The van der Waals surface area contributed by atoms with Crippen molar-refractivity contribution in [3.05, 3.63) is 108 Å². The summed E-state index contributed by atoms with van der Waals surface area (Å²) in [6.45, 7) is 4.23. The van der Waals surface area contributed by atoms with Gasteiger partial charge in [-0.2, -0.15) is 0 Å². The van der Waals surface area contributed by atoms with Gasteiger partial charge in [-0.3, -0.25) is 4.98 Å². The van der Waals surface area contributed by atoms with Crippen molar-refractivity contribution in [1.29, 1.82) is 0 Å². The summed E-state index contributed by atoms with van der Waals surface area (Å²) in [4.78, 5) is 20.3. The maximum Gasteiger partial charge on any atom is 0.164 e. The van der Waals surface area contributed by atoms with Gasteiger partial charge in [-0.25, -0.2) is 15.0 Å². The van der Waals surface area contributed by atoms with Crippen LogP contribution < -0.4 is 0 Å². The highest BCUT2D eigenvalue weighted by molar-refractivity contribution is 5.75. The minimum atomic E-state index is 0.252. The Hall–Kier alpha value is -4.18. The molecular formula is C42H40N4. The zero-order chi connectivity index (χ0) is 30.6. The van der Waals surface area contributed by atoms with E-state index < -0.39 is 0 Å². The quantitative estimate of drug-likeness (QED) is 0.202. The molecule has 0 N–H and O–H groups in total. The molecule has 2 heterocycles. The van der Waals surface area contributed by atoms with Crippen molar-refractivity contribution in [2.75, 3.05) is 0 Å². The number of benzene rings is 3. The van der Waals surface area contributed by atoms with E-state index in [0.717, 1.165) is 75.3 Å². The highest BCUT2D eigenvalue weighted by Gasteiger charge is 2.67. The molecule has 0 aliphatic heterocycles. The summed E-state index contributed by atoms with van der Waals surface area (Å²) >= 11 is 0. The summed E-state index contributed by atoms with van der Waals surface area (Å²) in [5, 5.41) is 0. The van der Waals surface area contributed by atoms with E-state index >= 15 is 0 Å². The fourth-order valence-electron chi connectivity index (χ4n) is 11.4. The van der Waals surface area contributed by atoms with E-state index in [1.807, 2.05) is 12.1 Å². The Labute approximate surface area is 271 Å². The van der Waals surface area contributed by atoms with Gasteiger partial charge in [0.15, 0.2) is 17.5 Å². The third-order valence-corrected chi connectivity index (χ3v) is 13.0. The van der Waals surface area contributed by atoms with E-state index in [4.69, 9.17) is 19.9 Å². The standard InChI is InChI=1S/C42H40N4/c1-24-13-14-32(25(2)43-24)29-18-30(41-45-39(27-9-5-3-6-10-27)44-40(46-41)28-11-7-4-8-12-28)20-31(19-29)42-21-36-33-15-26-16-34(36)38(23-42)35(17-26)37(33)22-42/h3-14,18-20,26,33-38H,15-17,21-23H2,1-2H3. The van der Waals surface area contributed by atoms with Gasteiger partial charge in [-0.15, -0.1) is 0 Å². The minimum Gasteiger partial charge on any atom is -0.258 e. The fraction of sp³-hybridized carbons (Fsp3) is 0.381. The van der Waals surface area contributed by atoms with Crippen LogP contribution in [0.5, 0.6) is 0 Å². The Morgan fingerprint density at radius 3 is 1.52 bits per heavy atom. The van der Waals surface area contributed by atoms with Gasteiger partial charge in [0.25, 0.3) is 0 Å². The molecule has 7 fully saturated rings. The summed E-state index contributed by atoms with van der Waals surface area (Å²) in [6.07, 6.45) is 8.64. The molecule has 7 aliphatic rings. The van der Waals surface area contributed by atoms with E-state index in [-0.39, 0.29) is 5.41 Å². The normalized spacial score (nSPS) is 31.5. The number of pyridine rings is 1. The molecule has 0 atom stereocenters. The van der Waals surface area contributed by atoms with E-state index in [9.17, 15) is 0 Å². The van der Waals surface area contributed by atoms with Gasteiger partial charge >= 0.3 is 0 Å². The average molecular weight is 601 g/mol. The molecule has 5 aromatic rings. The highest BCUT2D eigenvalue weighted by Crippen LogP contribution is 2.74. The molecule has 12 rings (SSSR count). The first-order valence-corrected chi connectivity index (χ1v) is 17.5. The molecule has 4 nitrogen and oxygen atoms in total. The SMILES string of the molecule is Cc1ccc(-c2cc(-c3nc(-c4ccccc4)nc(-c4ccccc4)n3)cc(C34CC5C6CC7CC5C(C3)C(C7)C6C4)c2)c(C)n1. The molecular weight excluding hydrogens is 560 g/mol. The molecule has 46 heavy (non-hydrogen) atoms. The van der Waals surface area contributed by atoms with Crippen molar-refractivity contribution in [2.24, 2.45) is 41.4 Å². The first-order chi connectivity index (χ1) is 22.5. The number of nitrogens with zero attached hydrogens (tertiary/aromatic N) is 4. The second-order valence-electron chi connectivity index (χ2n) is 15.4. The van der Waals surface area contributed by atoms with Crippen LogP contribution in [-0.4, -0.2) is 19.9 Å². The third kappa shape index (κ3) is 4.04. The summed E-state index contributed by atoms with van der Waals surface area (Å²) in [5.74, 6) is 8.94. The van der Waals surface area contributed by atoms with Crippen molar-refractivity contribution in [3.63, 3.8) is 0 Å². The van der Waals surface area contributed by atoms with Gasteiger partial charge in [-0.1, -0.05) is 72.8 Å². The van der Waals surface area contributed by atoms with Crippen LogP contribution in [0.15, 0.2) is 91.0 Å². The van der Waals surface area contributed by atoms with Gasteiger partial charge in [0, 0.05) is 33.6 Å². The van der Waals surface area contributed by atoms with E-state index in [1.165, 1.54) is 55.2 Å². The zero-order valence-corrected chi connectivity index (χ0v) is 26.7. The predicted molar refractivity (Wildman–Crippen MR) is 183 cm³/mol. The summed E-state index contributed by atoms with van der Waals surface area (Å²) < 4.78 is 0. The molecule has 0 radical (unpaired) electrons. The molecule has 8 bridgehead atoms. The maximum atomic E-state index is 5.19. The molecule has 228 valence electrons. The maximum absolute atomic E-state index is 5.19. The van der Waals surface area contributed by atoms with E-state index in [0.29, 0.717) is 11.6 Å². The van der Waals surface area contributed by atoms with Crippen molar-refractivity contribution < 1.29 is 0 Å². The largest absolute Gasteiger partial charge is 0.258 e. The van der Waals surface area contributed by atoms with Crippen LogP contribution in [0.1, 0.15) is 55.5 Å². The fourth-order valence-corrected chi connectivity index (χ4v) is 11.4. The lowest BCUT2D eigenvalue weighted by Crippen LogP contribution is -2.66. The number of rotatable bonds is 5. The number of hydrogen-bond acceptors (Lipinski definition) is 4. The van der Waals surface area contributed by atoms with Crippen LogP contribution in [0.3, 0.4) is 0 Å². The van der Waals surface area contributed by atoms with Gasteiger partial charge in [-0.05, 0) is 129 Å². The zero-order valence-electron chi connectivity index (χ0n) is 26.7. The van der Waals surface area contributed by atoms with Crippen LogP contribution in [0.25, 0.3) is 45.3 Å². The molecule has 0 spiro atoms. The lowest BCUT2D eigenvalue weighted by atomic mass is 9.32. The third-order valence-electron chi connectivity index (χ3n) is 13.0. The van der Waals surface area contributed by atoms with Crippen molar-refractivity contribution in [2.45, 2.75) is 57.8 Å². The van der Waals surface area contributed by atoms with Crippen molar-refractivity contribution in [3.8, 4) is 45.3 Å². The molecule has 0 amide bonds. The highest BCUT2D eigenvalue weighted by atomic mass is 15.0. The van der Waals surface area contributed by atoms with Gasteiger partial charge < -0.3 is 0 Å². The van der Waals surface area contributed by atoms with E-state index in [1.54, 1.807) is 0 Å². The summed E-state index contributed by atoms with van der Waals surface area (Å²) in [6, 6.07) is 32.4. The number of aryl methyl sites for hydroxylation is 2. The second kappa shape index (κ2) is 9.91. The minimum absolute atomic E-state index is 0.252. The molecule has 7 saturated carbocycles. The van der Waals surface area contributed by atoms with Crippen LogP contribution >= 0.6 is 0 Å². The average Bonchev–Trinajstić information content (AvgIpc) is 3.10. The molecule has 7 aliphatic carbocycles. The topological polar surface area (TPSA) is 51.6 Å². The Bertz CT molecular complexity index is 1860. The Morgan fingerprint density at radius 2 is 1.00 bits per heavy atom. The Balaban J connectivity index is 1.17. The van der Waals surface area contributed by atoms with Crippen LogP contribution in [0.2, 0.25) is 0 Å². The van der Waals surface area contributed by atoms with Gasteiger partial charge in [0.1, 0.15) is 0 Å². The van der Waals surface area contributed by atoms with Gasteiger partial charge in [0.05, 0.1) is 0 Å². The lowest BCUT2D eigenvalue weighted by Gasteiger charge is -2.72. The monoisotopic (exact) mass is 600 g/mol. The molecule has 0 saturated heterocycles. The summed E-state index contributed by atoms with van der Waals surface area (Å²) in [5.41, 5.74) is 9.44. The van der Waals surface area contributed by atoms with E-state index in [2.05, 4.69) is 92.7 Å². The van der Waals surface area contributed by atoms with Crippen molar-refractivity contribution >= 4 is 0 Å². The Kier molecular flexibility index (Phi) is 5.81. The lowest BCUT2D eigenvalue weighted by molar-refractivity contribution is -0.212. The van der Waals surface area contributed by atoms with Crippen LogP contribution in [-0.2, 0) is 5.41 Å². The molecule has 2 aromatic heterocycles. The first kappa shape index (κ1) is 27.0. The van der Waals surface area contributed by atoms with Crippen molar-refractivity contribution in [1.82, 2.24) is 19.9 Å². The smallest absolute Gasteiger partial charge is 0.164 e. The summed E-state index contributed by atoms with van der Waals surface area (Å²) in [7, 11) is 0. The molecule has 3 aromatic carbocycles. The Morgan fingerprint density at radius 1 is 0.500 bits per heavy atom. The number of hydrogen-bond donors (Lipinski definition) is 0. The molecule has 0 unspecified atom stereocenters. The number of aromatic nitrogens is 4.